The molecule has 3 aromatic carbocycles. The summed E-state index contributed by atoms with van der Waals surface area (Å²) in [5, 5.41) is 8.76. The molecule has 1 aliphatic rings. The van der Waals surface area contributed by atoms with Crippen molar-refractivity contribution in [1.82, 2.24) is 5.32 Å². The number of rotatable bonds is 1. The lowest BCUT2D eigenvalue weighted by atomic mass is 10.00. The van der Waals surface area contributed by atoms with E-state index in [0.717, 1.165) is 16.6 Å². The molecule has 1 aliphatic heterocycles. The monoisotopic (exact) mass is 274 g/mol. The largest absolute Gasteiger partial charge is 0.361 e. The van der Waals surface area contributed by atoms with Gasteiger partial charge in [0, 0.05) is 11.3 Å². The third-order valence-corrected chi connectivity index (χ3v) is 3.88. The van der Waals surface area contributed by atoms with Crippen molar-refractivity contribution in [2.24, 2.45) is 0 Å². The molecule has 3 aromatic rings. The van der Waals surface area contributed by atoms with Crippen molar-refractivity contribution in [3.63, 3.8) is 0 Å². The summed E-state index contributed by atoms with van der Waals surface area (Å²) in [6.45, 7) is 0. The first-order valence-electron chi connectivity index (χ1n) is 6.97. The van der Waals surface area contributed by atoms with Gasteiger partial charge in [-0.25, -0.2) is 0 Å². The molecular formula is C18H14N2O. The van der Waals surface area contributed by atoms with Gasteiger partial charge in [0.15, 0.2) is 0 Å². The van der Waals surface area contributed by atoms with Crippen LogP contribution in [0.15, 0.2) is 66.7 Å². The van der Waals surface area contributed by atoms with Crippen LogP contribution in [0.25, 0.3) is 10.8 Å². The lowest BCUT2D eigenvalue weighted by Crippen LogP contribution is -2.38. The van der Waals surface area contributed by atoms with Gasteiger partial charge in [0.2, 0.25) is 0 Å². The Morgan fingerprint density at radius 3 is 2.48 bits per heavy atom. The molecule has 0 unspecified atom stereocenters. The van der Waals surface area contributed by atoms with E-state index in [4.69, 9.17) is 0 Å². The molecule has 0 fully saturated rings. The number of anilines is 1. The smallest absolute Gasteiger partial charge is 0.255 e. The average Bonchev–Trinajstić information content (AvgIpc) is 2.54. The van der Waals surface area contributed by atoms with Crippen molar-refractivity contribution >= 4 is 22.4 Å². The van der Waals surface area contributed by atoms with Gasteiger partial charge >= 0.3 is 0 Å². The van der Waals surface area contributed by atoms with Crippen LogP contribution in [0.4, 0.5) is 5.69 Å². The fourth-order valence-corrected chi connectivity index (χ4v) is 2.87. The van der Waals surface area contributed by atoms with E-state index in [0.29, 0.717) is 5.56 Å². The number of fused-ring (bicyclic) bond motifs is 2. The Morgan fingerprint density at radius 1 is 0.762 bits per heavy atom. The van der Waals surface area contributed by atoms with E-state index in [-0.39, 0.29) is 12.1 Å². The number of nitrogens with one attached hydrogen (secondary N) is 2. The Balaban J connectivity index is 1.83. The highest BCUT2D eigenvalue weighted by molar-refractivity contribution is 6.02. The summed E-state index contributed by atoms with van der Waals surface area (Å²) in [6.07, 6.45) is -0.210. The van der Waals surface area contributed by atoms with E-state index in [9.17, 15) is 4.79 Å². The minimum Gasteiger partial charge on any atom is -0.361 e. The van der Waals surface area contributed by atoms with E-state index in [1.807, 2.05) is 48.5 Å². The molecule has 1 heterocycles. The van der Waals surface area contributed by atoms with Crippen LogP contribution in [0, 0.1) is 0 Å². The van der Waals surface area contributed by atoms with Gasteiger partial charge in [-0.3, -0.25) is 4.79 Å². The molecule has 0 saturated carbocycles. The van der Waals surface area contributed by atoms with E-state index in [1.165, 1.54) is 5.39 Å². The van der Waals surface area contributed by atoms with Gasteiger partial charge < -0.3 is 10.6 Å². The fraction of sp³-hybridized carbons (Fsp3) is 0.0556. The molecule has 0 aliphatic carbocycles. The second kappa shape index (κ2) is 4.63. The van der Waals surface area contributed by atoms with Gasteiger partial charge in [-0.2, -0.15) is 0 Å². The molecule has 0 bridgehead atoms. The van der Waals surface area contributed by atoms with Gasteiger partial charge in [-0.1, -0.05) is 54.6 Å². The molecular weight excluding hydrogens is 260 g/mol. The van der Waals surface area contributed by atoms with Crippen molar-refractivity contribution in [2.75, 3.05) is 5.32 Å². The highest BCUT2D eigenvalue weighted by Crippen LogP contribution is 2.30. The van der Waals surface area contributed by atoms with Gasteiger partial charge in [-0.05, 0) is 22.9 Å². The van der Waals surface area contributed by atoms with Crippen LogP contribution >= 0.6 is 0 Å². The minimum absolute atomic E-state index is 0.0396. The summed E-state index contributed by atoms with van der Waals surface area (Å²) in [6, 6.07) is 21.9. The zero-order chi connectivity index (χ0) is 14.2. The Labute approximate surface area is 122 Å². The molecule has 0 spiro atoms. The molecule has 2 N–H and O–H groups in total. The van der Waals surface area contributed by atoms with Crippen LogP contribution in [0.2, 0.25) is 0 Å². The standard InChI is InChI=1S/C18H14N2O/c21-18-15-9-3-4-11-16(15)19-17(20-18)14-10-5-7-12-6-1-2-8-13(12)14/h1-11,17,19H,(H,20,21)/t17-/m0/s1. The van der Waals surface area contributed by atoms with Crippen LogP contribution in [0.3, 0.4) is 0 Å². The molecule has 1 atom stereocenters. The maximum absolute atomic E-state index is 12.3. The lowest BCUT2D eigenvalue weighted by molar-refractivity contribution is 0.0936. The molecule has 21 heavy (non-hydrogen) atoms. The molecule has 3 heteroatoms. The topological polar surface area (TPSA) is 41.1 Å². The first-order valence-corrected chi connectivity index (χ1v) is 6.97. The van der Waals surface area contributed by atoms with Gasteiger partial charge in [-0.15, -0.1) is 0 Å². The molecule has 0 saturated heterocycles. The maximum Gasteiger partial charge on any atom is 0.255 e. The number of hydrogen-bond donors (Lipinski definition) is 2. The van der Waals surface area contributed by atoms with E-state index in [1.54, 1.807) is 0 Å². The van der Waals surface area contributed by atoms with E-state index >= 15 is 0 Å². The fourth-order valence-electron chi connectivity index (χ4n) is 2.87. The van der Waals surface area contributed by atoms with E-state index < -0.39 is 0 Å². The first kappa shape index (κ1) is 12.0. The summed E-state index contributed by atoms with van der Waals surface area (Å²) < 4.78 is 0. The van der Waals surface area contributed by atoms with Crippen LogP contribution in [-0.4, -0.2) is 5.91 Å². The normalized spacial score (nSPS) is 17.0. The van der Waals surface area contributed by atoms with Gasteiger partial charge in [0.1, 0.15) is 6.17 Å². The van der Waals surface area contributed by atoms with Crippen molar-refractivity contribution < 1.29 is 4.79 Å². The van der Waals surface area contributed by atoms with Crippen molar-refractivity contribution in [3.8, 4) is 0 Å². The Bertz CT molecular complexity index is 836. The second-order valence-electron chi connectivity index (χ2n) is 5.16. The number of benzene rings is 3. The number of carbonyl (C=O) groups is 1. The predicted molar refractivity (Wildman–Crippen MR) is 84.2 cm³/mol. The first-order chi connectivity index (χ1) is 10.3. The molecule has 102 valence electrons. The van der Waals surface area contributed by atoms with Crippen molar-refractivity contribution in [1.29, 1.82) is 0 Å². The zero-order valence-corrected chi connectivity index (χ0v) is 11.3. The number of carbonyl (C=O) groups excluding carboxylic acids is 1. The Kier molecular flexibility index (Phi) is 2.64. The van der Waals surface area contributed by atoms with Crippen molar-refractivity contribution in [2.45, 2.75) is 6.17 Å². The van der Waals surface area contributed by atoms with Gasteiger partial charge in [0.25, 0.3) is 5.91 Å². The van der Waals surface area contributed by atoms with Crippen LogP contribution in [0.1, 0.15) is 22.1 Å². The quantitative estimate of drug-likeness (QED) is 0.710. The summed E-state index contributed by atoms with van der Waals surface area (Å²) >= 11 is 0. The third-order valence-electron chi connectivity index (χ3n) is 3.88. The second-order valence-corrected chi connectivity index (χ2v) is 5.16. The molecule has 3 nitrogen and oxygen atoms in total. The van der Waals surface area contributed by atoms with Crippen LogP contribution in [-0.2, 0) is 0 Å². The molecule has 0 aromatic heterocycles. The summed E-state index contributed by atoms with van der Waals surface area (Å²) in [4.78, 5) is 12.3. The van der Waals surface area contributed by atoms with Crippen LogP contribution in [0.5, 0.6) is 0 Å². The summed E-state index contributed by atoms with van der Waals surface area (Å²) in [7, 11) is 0. The van der Waals surface area contributed by atoms with Crippen LogP contribution < -0.4 is 10.6 Å². The number of para-hydroxylation sites is 1. The molecule has 1 amide bonds. The van der Waals surface area contributed by atoms with Crippen molar-refractivity contribution in [3.05, 3.63) is 77.9 Å². The minimum atomic E-state index is -0.210. The summed E-state index contributed by atoms with van der Waals surface area (Å²) in [5.74, 6) is -0.0396. The highest BCUT2D eigenvalue weighted by Gasteiger charge is 2.24. The Morgan fingerprint density at radius 2 is 1.52 bits per heavy atom. The van der Waals surface area contributed by atoms with Gasteiger partial charge in [0.05, 0.1) is 5.56 Å². The Hall–Kier alpha value is -2.81. The zero-order valence-electron chi connectivity index (χ0n) is 11.3. The third kappa shape index (κ3) is 1.94. The highest BCUT2D eigenvalue weighted by atomic mass is 16.2. The lowest BCUT2D eigenvalue weighted by Gasteiger charge is -2.28. The average molecular weight is 274 g/mol. The number of hydrogen-bond acceptors (Lipinski definition) is 2. The van der Waals surface area contributed by atoms with E-state index in [2.05, 4.69) is 28.8 Å². The SMILES string of the molecule is O=C1N[C@@H](c2cccc3ccccc23)Nc2ccccc21. The maximum atomic E-state index is 12.3. The number of amides is 1. The molecule has 4 rings (SSSR count). The summed E-state index contributed by atoms with van der Waals surface area (Å²) in [5.41, 5.74) is 2.64. The predicted octanol–water partition coefficient (Wildman–Crippen LogP) is 3.69. The molecule has 0 radical (unpaired) electrons.